The maximum atomic E-state index is 11.6. The number of hydrogen-bond acceptors (Lipinski definition) is 3. The van der Waals surface area contributed by atoms with E-state index in [1.54, 1.807) is 12.4 Å². The molecule has 112 valence electrons. The number of nitrogens with zero attached hydrogens (tertiary/aromatic N) is 3. The lowest BCUT2D eigenvalue weighted by Crippen LogP contribution is -2.47. The minimum absolute atomic E-state index is 0.163. The van der Waals surface area contributed by atoms with Crippen molar-refractivity contribution in [1.29, 1.82) is 0 Å². The highest BCUT2D eigenvalue weighted by Gasteiger charge is 2.12. The van der Waals surface area contributed by atoms with Crippen LogP contribution in [0.2, 0.25) is 0 Å². The van der Waals surface area contributed by atoms with Gasteiger partial charge in [0.2, 0.25) is 0 Å². The number of urea groups is 1. The molecule has 0 fully saturated rings. The molecule has 0 atom stereocenters. The lowest BCUT2D eigenvalue weighted by molar-refractivity contribution is 0.231. The van der Waals surface area contributed by atoms with Gasteiger partial charge < -0.3 is 10.6 Å². The highest BCUT2D eigenvalue weighted by atomic mass is 16.2. The number of rotatable bonds is 4. The Bertz CT molecular complexity index is 586. The number of hydrogen-bond donors (Lipinski definition) is 2. The number of carbonyl (C=O) groups is 1. The van der Waals surface area contributed by atoms with Crippen molar-refractivity contribution in [3.05, 3.63) is 36.8 Å². The third-order valence-electron chi connectivity index (χ3n) is 2.73. The van der Waals surface area contributed by atoms with Gasteiger partial charge in [0.05, 0.1) is 12.2 Å². The van der Waals surface area contributed by atoms with Gasteiger partial charge in [-0.3, -0.25) is 9.67 Å². The summed E-state index contributed by atoms with van der Waals surface area (Å²) in [7, 11) is 0. The Hall–Kier alpha value is -2.37. The van der Waals surface area contributed by atoms with Gasteiger partial charge in [0, 0.05) is 36.2 Å². The van der Waals surface area contributed by atoms with Crippen LogP contribution in [0, 0.1) is 0 Å². The van der Waals surface area contributed by atoms with E-state index in [-0.39, 0.29) is 11.6 Å². The monoisotopic (exact) mass is 287 g/mol. The van der Waals surface area contributed by atoms with Crippen LogP contribution in [0.5, 0.6) is 0 Å². The van der Waals surface area contributed by atoms with Crippen molar-refractivity contribution in [2.75, 3.05) is 6.54 Å². The predicted octanol–water partition coefficient (Wildman–Crippen LogP) is 2.04. The Morgan fingerprint density at radius 3 is 2.62 bits per heavy atom. The molecule has 2 amide bonds. The molecule has 2 rings (SSSR count). The molecule has 0 spiro atoms. The molecule has 0 aromatic carbocycles. The summed E-state index contributed by atoms with van der Waals surface area (Å²) in [6.45, 7) is 6.99. The van der Waals surface area contributed by atoms with Crippen molar-refractivity contribution in [3.8, 4) is 11.3 Å². The lowest BCUT2D eigenvalue weighted by atomic mass is 10.1. The van der Waals surface area contributed by atoms with Gasteiger partial charge in [-0.2, -0.15) is 5.10 Å². The molecule has 21 heavy (non-hydrogen) atoms. The molecular formula is C15H21N5O. The van der Waals surface area contributed by atoms with Gasteiger partial charge >= 0.3 is 6.03 Å². The van der Waals surface area contributed by atoms with E-state index in [1.165, 1.54) is 0 Å². The Kier molecular flexibility index (Phi) is 4.57. The van der Waals surface area contributed by atoms with Crippen LogP contribution in [0.3, 0.4) is 0 Å². The number of aromatic nitrogens is 3. The van der Waals surface area contributed by atoms with Gasteiger partial charge in [-0.1, -0.05) is 0 Å². The van der Waals surface area contributed by atoms with Gasteiger partial charge in [-0.05, 0) is 39.0 Å². The van der Waals surface area contributed by atoms with Crippen LogP contribution < -0.4 is 10.6 Å². The first-order chi connectivity index (χ1) is 9.94. The highest BCUT2D eigenvalue weighted by Crippen LogP contribution is 2.14. The van der Waals surface area contributed by atoms with E-state index < -0.39 is 0 Å². The summed E-state index contributed by atoms with van der Waals surface area (Å²) < 4.78 is 1.81. The van der Waals surface area contributed by atoms with E-state index in [9.17, 15) is 4.79 Å². The van der Waals surface area contributed by atoms with Crippen LogP contribution in [-0.2, 0) is 6.54 Å². The van der Waals surface area contributed by atoms with Gasteiger partial charge in [0.25, 0.3) is 0 Å². The number of pyridine rings is 1. The van der Waals surface area contributed by atoms with Crippen molar-refractivity contribution >= 4 is 6.03 Å². The fourth-order valence-electron chi connectivity index (χ4n) is 1.83. The molecule has 0 unspecified atom stereocenters. The molecule has 6 heteroatoms. The molecule has 0 saturated carbocycles. The summed E-state index contributed by atoms with van der Waals surface area (Å²) in [5, 5.41) is 10.1. The van der Waals surface area contributed by atoms with E-state index in [2.05, 4.69) is 20.7 Å². The quantitative estimate of drug-likeness (QED) is 0.904. The Balaban J connectivity index is 1.83. The zero-order valence-corrected chi connectivity index (χ0v) is 12.6. The zero-order valence-electron chi connectivity index (χ0n) is 12.6. The van der Waals surface area contributed by atoms with Crippen LogP contribution in [0.15, 0.2) is 36.8 Å². The lowest BCUT2D eigenvalue weighted by Gasteiger charge is -2.20. The maximum Gasteiger partial charge on any atom is 0.315 e. The number of nitrogens with one attached hydrogen (secondary N) is 2. The second-order valence-corrected chi connectivity index (χ2v) is 5.83. The van der Waals surface area contributed by atoms with Crippen molar-refractivity contribution in [2.24, 2.45) is 0 Å². The van der Waals surface area contributed by atoms with Crippen LogP contribution in [0.1, 0.15) is 20.8 Å². The fourth-order valence-corrected chi connectivity index (χ4v) is 1.83. The topological polar surface area (TPSA) is 71.8 Å². The minimum Gasteiger partial charge on any atom is -0.336 e. The van der Waals surface area contributed by atoms with Crippen LogP contribution >= 0.6 is 0 Å². The molecule has 2 aromatic heterocycles. The summed E-state index contributed by atoms with van der Waals surface area (Å²) in [4.78, 5) is 15.6. The molecule has 0 aliphatic carbocycles. The molecule has 6 nitrogen and oxygen atoms in total. The summed E-state index contributed by atoms with van der Waals surface area (Å²) in [6, 6.07) is 5.62. The van der Waals surface area contributed by atoms with Crippen molar-refractivity contribution in [1.82, 2.24) is 25.4 Å². The third-order valence-corrected chi connectivity index (χ3v) is 2.73. The first kappa shape index (κ1) is 15.0. The fraction of sp³-hybridized carbons (Fsp3) is 0.400. The second kappa shape index (κ2) is 6.39. The minimum atomic E-state index is -0.232. The summed E-state index contributed by atoms with van der Waals surface area (Å²) in [5.41, 5.74) is 1.70. The zero-order chi connectivity index (χ0) is 15.3. The smallest absolute Gasteiger partial charge is 0.315 e. The average molecular weight is 287 g/mol. The summed E-state index contributed by atoms with van der Waals surface area (Å²) in [5.74, 6) is 0. The number of amides is 2. The predicted molar refractivity (Wildman–Crippen MR) is 81.7 cm³/mol. The van der Waals surface area contributed by atoms with Crippen LogP contribution in [0.25, 0.3) is 11.3 Å². The Morgan fingerprint density at radius 2 is 1.95 bits per heavy atom. The SMILES string of the molecule is CC(C)(C)NC(=O)NCCn1ccc(-c2ccncc2)n1. The second-order valence-electron chi connectivity index (χ2n) is 5.83. The van der Waals surface area contributed by atoms with E-state index in [0.717, 1.165) is 11.3 Å². The molecular weight excluding hydrogens is 266 g/mol. The van der Waals surface area contributed by atoms with E-state index >= 15 is 0 Å². The molecule has 0 saturated heterocycles. The molecule has 0 radical (unpaired) electrons. The van der Waals surface area contributed by atoms with Gasteiger partial charge in [0.15, 0.2) is 0 Å². The van der Waals surface area contributed by atoms with Crippen molar-refractivity contribution < 1.29 is 4.79 Å². The number of carbonyl (C=O) groups excluding carboxylic acids is 1. The molecule has 2 aromatic rings. The first-order valence-electron chi connectivity index (χ1n) is 6.94. The molecule has 2 heterocycles. The summed E-state index contributed by atoms with van der Waals surface area (Å²) >= 11 is 0. The summed E-state index contributed by atoms with van der Waals surface area (Å²) in [6.07, 6.45) is 5.39. The van der Waals surface area contributed by atoms with Crippen LogP contribution in [0.4, 0.5) is 4.79 Å². The Labute approximate surface area is 124 Å². The van der Waals surface area contributed by atoms with Crippen molar-refractivity contribution in [2.45, 2.75) is 32.9 Å². The maximum absolute atomic E-state index is 11.6. The van der Waals surface area contributed by atoms with Gasteiger partial charge in [-0.15, -0.1) is 0 Å². The average Bonchev–Trinajstić information content (AvgIpc) is 2.86. The largest absolute Gasteiger partial charge is 0.336 e. The molecule has 0 bridgehead atoms. The Morgan fingerprint density at radius 1 is 1.24 bits per heavy atom. The van der Waals surface area contributed by atoms with Gasteiger partial charge in [-0.25, -0.2) is 4.79 Å². The van der Waals surface area contributed by atoms with Crippen LogP contribution in [-0.4, -0.2) is 32.9 Å². The van der Waals surface area contributed by atoms with Crippen molar-refractivity contribution in [3.63, 3.8) is 0 Å². The normalized spacial score (nSPS) is 11.2. The first-order valence-corrected chi connectivity index (χ1v) is 6.94. The van der Waals surface area contributed by atoms with E-state index in [4.69, 9.17) is 0 Å². The molecule has 0 aliphatic rings. The van der Waals surface area contributed by atoms with E-state index in [1.807, 2.05) is 49.8 Å². The molecule has 0 aliphatic heterocycles. The van der Waals surface area contributed by atoms with E-state index in [0.29, 0.717) is 13.1 Å². The molecule has 2 N–H and O–H groups in total. The standard InChI is InChI=1S/C15H21N5O/c1-15(2,3)18-14(21)17-9-11-20-10-6-13(19-20)12-4-7-16-8-5-12/h4-8,10H,9,11H2,1-3H3,(H2,17,18,21). The third kappa shape index (κ3) is 4.91. The highest BCUT2D eigenvalue weighted by molar-refractivity contribution is 5.74. The van der Waals surface area contributed by atoms with Gasteiger partial charge in [0.1, 0.15) is 0 Å².